The maximum absolute atomic E-state index is 12.5. The van der Waals surface area contributed by atoms with Gasteiger partial charge in [0.1, 0.15) is 5.75 Å². The van der Waals surface area contributed by atoms with Crippen molar-refractivity contribution in [2.75, 3.05) is 7.11 Å². The molecule has 0 saturated heterocycles. The Kier molecular flexibility index (Phi) is 5.49. The van der Waals surface area contributed by atoms with E-state index in [1.165, 1.54) is 31.4 Å². The smallest absolute Gasteiger partial charge is 0.315 e. The second-order valence-electron chi connectivity index (χ2n) is 5.83. The van der Waals surface area contributed by atoms with Gasteiger partial charge in [-0.2, -0.15) is 0 Å². The minimum absolute atomic E-state index is 0.0967. The molecule has 0 amide bonds. The van der Waals surface area contributed by atoms with Gasteiger partial charge in [-0.25, -0.2) is 0 Å². The zero-order chi connectivity index (χ0) is 21.0. The van der Waals surface area contributed by atoms with E-state index in [1.54, 1.807) is 30.3 Å². The fourth-order valence-corrected chi connectivity index (χ4v) is 2.62. The van der Waals surface area contributed by atoms with Gasteiger partial charge in [-0.15, -0.1) is 0 Å². The van der Waals surface area contributed by atoms with Crippen LogP contribution >= 0.6 is 0 Å². The van der Waals surface area contributed by atoms with E-state index >= 15 is 0 Å². The molecular formula is C20H14N2O7. The van der Waals surface area contributed by atoms with E-state index in [0.717, 1.165) is 12.1 Å². The summed E-state index contributed by atoms with van der Waals surface area (Å²) < 4.78 is 10.4. The minimum Gasteiger partial charge on any atom is -0.496 e. The van der Waals surface area contributed by atoms with Crippen LogP contribution in [0.1, 0.15) is 15.9 Å². The van der Waals surface area contributed by atoms with Crippen molar-refractivity contribution >= 4 is 17.2 Å². The molecule has 0 spiro atoms. The second-order valence-corrected chi connectivity index (χ2v) is 5.83. The lowest BCUT2D eigenvalue weighted by atomic mass is 10.0. The molecule has 3 aromatic carbocycles. The van der Waals surface area contributed by atoms with Gasteiger partial charge in [0.25, 0.3) is 0 Å². The molecule has 0 atom stereocenters. The number of hydrogen-bond acceptors (Lipinski definition) is 7. The maximum Gasteiger partial charge on any atom is 0.315 e. The highest BCUT2D eigenvalue weighted by Gasteiger charge is 2.24. The summed E-state index contributed by atoms with van der Waals surface area (Å²) in [4.78, 5) is 33.9. The Bertz CT molecular complexity index is 1100. The molecule has 0 aliphatic heterocycles. The standard InChI is InChI=1S/C20H14N2O7/c1-28-15-8-10-19(17(12-15)22(26)27)29-18-9-7-14(11-16(18)21(24)25)20(23)13-5-3-2-4-6-13/h2-12H,1H3. The SMILES string of the molecule is COc1ccc(Oc2ccc(C(=O)c3ccccc3)cc2[N+](=O)[O-])c([N+](=O)[O-])c1. The summed E-state index contributed by atoms with van der Waals surface area (Å²) in [7, 11) is 1.35. The lowest BCUT2D eigenvalue weighted by Crippen LogP contribution is -2.03. The fourth-order valence-electron chi connectivity index (χ4n) is 2.62. The molecule has 0 fully saturated rings. The van der Waals surface area contributed by atoms with Gasteiger partial charge in [-0.3, -0.25) is 25.0 Å². The molecular weight excluding hydrogens is 380 g/mol. The molecule has 3 rings (SSSR count). The zero-order valence-electron chi connectivity index (χ0n) is 15.1. The van der Waals surface area contributed by atoms with E-state index in [0.29, 0.717) is 5.56 Å². The van der Waals surface area contributed by atoms with E-state index in [1.807, 2.05) is 0 Å². The molecule has 0 unspecified atom stereocenters. The van der Waals surface area contributed by atoms with Crippen molar-refractivity contribution in [2.45, 2.75) is 0 Å². The minimum atomic E-state index is -0.716. The Hall–Kier alpha value is -4.27. The average Bonchev–Trinajstić information content (AvgIpc) is 2.74. The molecule has 0 N–H and O–H groups in total. The molecule has 29 heavy (non-hydrogen) atoms. The van der Waals surface area contributed by atoms with E-state index in [9.17, 15) is 25.0 Å². The lowest BCUT2D eigenvalue weighted by Gasteiger charge is -2.09. The molecule has 0 radical (unpaired) electrons. The van der Waals surface area contributed by atoms with E-state index in [-0.39, 0.29) is 22.8 Å². The highest BCUT2D eigenvalue weighted by molar-refractivity contribution is 6.09. The normalized spacial score (nSPS) is 10.2. The molecule has 0 saturated carbocycles. The van der Waals surface area contributed by atoms with Crippen LogP contribution in [0, 0.1) is 20.2 Å². The number of rotatable bonds is 7. The number of methoxy groups -OCH3 is 1. The quantitative estimate of drug-likeness (QED) is 0.328. The van der Waals surface area contributed by atoms with E-state index in [4.69, 9.17) is 9.47 Å². The molecule has 0 heterocycles. The van der Waals surface area contributed by atoms with Crippen molar-refractivity contribution in [2.24, 2.45) is 0 Å². The van der Waals surface area contributed by atoms with Crippen LogP contribution < -0.4 is 9.47 Å². The summed E-state index contributed by atoms with van der Waals surface area (Å²) in [6.45, 7) is 0. The van der Waals surface area contributed by atoms with Crippen LogP contribution in [0.5, 0.6) is 17.2 Å². The third kappa shape index (κ3) is 4.19. The molecule has 0 aromatic heterocycles. The first-order valence-corrected chi connectivity index (χ1v) is 8.29. The van der Waals surface area contributed by atoms with Crippen molar-refractivity contribution in [3.8, 4) is 17.2 Å². The number of nitro benzene ring substituents is 2. The van der Waals surface area contributed by atoms with Gasteiger partial charge in [0.2, 0.25) is 11.5 Å². The van der Waals surface area contributed by atoms with E-state index < -0.39 is 27.0 Å². The molecule has 9 nitrogen and oxygen atoms in total. The summed E-state index contributed by atoms with van der Waals surface area (Å²) in [6, 6.07) is 15.9. The number of benzene rings is 3. The van der Waals surface area contributed by atoms with E-state index in [2.05, 4.69) is 0 Å². The Morgan fingerprint density at radius 1 is 0.793 bits per heavy atom. The van der Waals surface area contributed by atoms with Gasteiger partial charge in [-0.1, -0.05) is 30.3 Å². The van der Waals surface area contributed by atoms with Crippen molar-refractivity contribution in [1.82, 2.24) is 0 Å². The maximum atomic E-state index is 12.5. The summed E-state index contributed by atoms with van der Waals surface area (Å²) in [5, 5.41) is 22.8. The van der Waals surface area contributed by atoms with Crippen molar-refractivity contribution in [3.63, 3.8) is 0 Å². The predicted octanol–water partition coefficient (Wildman–Crippen LogP) is 4.53. The van der Waals surface area contributed by atoms with Crippen LogP contribution in [0.25, 0.3) is 0 Å². The summed E-state index contributed by atoms with van der Waals surface area (Å²) in [5.41, 5.74) is -0.430. The Morgan fingerprint density at radius 3 is 1.97 bits per heavy atom. The van der Waals surface area contributed by atoms with Crippen molar-refractivity contribution in [3.05, 3.63) is 98.1 Å². The summed E-state index contributed by atoms with van der Waals surface area (Å²) >= 11 is 0. The molecule has 0 aliphatic rings. The van der Waals surface area contributed by atoms with Crippen LogP contribution in [0.2, 0.25) is 0 Å². The van der Waals surface area contributed by atoms with Gasteiger partial charge in [0, 0.05) is 17.2 Å². The van der Waals surface area contributed by atoms with Gasteiger partial charge in [0.15, 0.2) is 5.78 Å². The molecule has 0 bridgehead atoms. The Morgan fingerprint density at radius 2 is 1.38 bits per heavy atom. The fraction of sp³-hybridized carbons (Fsp3) is 0.0500. The summed E-state index contributed by atoms with van der Waals surface area (Å²) in [5.74, 6) is -0.577. The predicted molar refractivity (Wildman–Crippen MR) is 103 cm³/mol. The highest BCUT2D eigenvalue weighted by atomic mass is 16.6. The first kappa shape index (κ1) is 19.5. The zero-order valence-corrected chi connectivity index (χ0v) is 15.1. The van der Waals surface area contributed by atoms with Crippen LogP contribution in [-0.2, 0) is 0 Å². The molecule has 146 valence electrons. The lowest BCUT2D eigenvalue weighted by molar-refractivity contribution is -0.387. The highest BCUT2D eigenvalue weighted by Crippen LogP contribution is 2.38. The summed E-state index contributed by atoms with van der Waals surface area (Å²) in [6.07, 6.45) is 0. The van der Waals surface area contributed by atoms with Crippen LogP contribution in [0.3, 0.4) is 0 Å². The first-order chi connectivity index (χ1) is 13.9. The van der Waals surface area contributed by atoms with Gasteiger partial charge < -0.3 is 9.47 Å². The largest absolute Gasteiger partial charge is 0.496 e. The number of carbonyl (C=O) groups is 1. The van der Waals surface area contributed by atoms with Crippen molar-refractivity contribution < 1.29 is 24.1 Å². The Labute approximate surface area is 164 Å². The second kappa shape index (κ2) is 8.17. The number of carbonyl (C=O) groups excluding carboxylic acids is 1. The van der Waals surface area contributed by atoms with Gasteiger partial charge >= 0.3 is 11.4 Å². The van der Waals surface area contributed by atoms with Gasteiger partial charge in [0.05, 0.1) is 23.0 Å². The number of nitrogens with zero attached hydrogens (tertiary/aromatic N) is 2. The average molecular weight is 394 g/mol. The van der Waals surface area contributed by atoms with Gasteiger partial charge in [-0.05, 0) is 24.3 Å². The number of hydrogen-bond donors (Lipinski definition) is 0. The third-order valence-corrected chi connectivity index (χ3v) is 4.04. The number of ether oxygens (including phenoxy) is 2. The first-order valence-electron chi connectivity index (χ1n) is 8.29. The van der Waals surface area contributed by atoms with Crippen LogP contribution in [0.15, 0.2) is 66.7 Å². The topological polar surface area (TPSA) is 122 Å². The number of ketones is 1. The monoisotopic (exact) mass is 394 g/mol. The Balaban J connectivity index is 2.00. The molecule has 3 aromatic rings. The van der Waals surface area contributed by atoms with Crippen LogP contribution in [0.4, 0.5) is 11.4 Å². The van der Waals surface area contributed by atoms with Crippen molar-refractivity contribution in [1.29, 1.82) is 0 Å². The van der Waals surface area contributed by atoms with Crippen LogP contribution in [-0.4, -0.2) is 22.7 Å². The molecule has 0 aliphatic carbocycles. The third-order valence-electron chi connectivity index (χ3n) is 4.04. The molecule has 9 heteroatoms. The number of nitro groups is 2.